The van der Waals surface area contributed by atoms with Crippen LogP contribution in [0.15, 0.2) is 11.6 Å². The molecule has 24 heavy (non-hydrogen) atoms. The second-order valence-corrected chi connectivity index (χ2v) is 7.67. The number of thiazole rings is 1. The number of anilines is 1. The highest BCUT2D eigenvalue weighted by atomic mass is 32.1. The molecule has 8 heteroatoms. The lowest BCUT2D eigenvalue weighted by Gasteiger charge is -2.42. The number of carbonyl (C=O) groups is 2. The quantitative estimate of drug-likeness (QED) is 0.811. The Labute approximate surface area is 145 Å². The second kappa shape index (κ2) is 6.68. The zero-order valence-electron chi connectivity index (χ0n) is 14.1. The molecule has 3 rings (SSSR count). The van der Waals surface area contributed by atoms with Crippen molar-refractivity contribution in [3.63, 3.8) is 0 Å². The molecule has 0 saturated carbocycles. The first kappa shape index (κ1) is 17.2. The fourth-order valence-electron chi connectivity index (χ4n) is 3.62. The Balaban J connectivity index is 1.83. The minimum absolute atomic E-state index is 0.0736. The van der Waals surface area contributed by atoms with E-state index in [4.69, 9.17) is 0 Å². The van der Waals surface area contributed by atoms with E-state index in [1.54, 1.807) is 22.4 Å². The Bertz CT molecular complexity index is 596. The van der Waals surface area contributed by atoms with Crippen LogP contribution in [0.4, 0.5) is 9.93 Å². The summed E-state index contributed by atoms with van der Waals surface area (Å²) in [6.07, 6.45) is 2.99. The summed E-state index contributed by atoms with van der Waals surface area (Å²) in [4.78, 5) is 35.2. The molecule has 1 aromatic rings. The Hall–Kier alpha value is -1.67. The molecule has 0 unspecified atom stereocenters. The number of hydrogen-bond acceptors (Lipinski definition) is 6. The van der Waals surface area contributed by atoms with Crippen LogP contribution in [0.25, 0.3) is 0 Å². The monoisotopic (exact) mass is 352 g/mol. The van der Waals surface area contributed by atoms with E-state index in [-0.39, 0.29) is 31.0 Å². The number of carbonyl (C=O) groups excluding carboxylic acids is 2. The van der Waals surface area contributed by atoms with Crippen LogP contribution in [0.1, 0.15) is 26.7 Å². The Morgan fingerprint density at radius 3 is 2.58 bits per heavy atom. The third-order valence-electron chi connectivity index (χ3n) is 4.77. The number of nitrogens with zero attached hydrogens (tertiary/aromatic N) is 4. The number of aliphatic hydroxyl groups excluding tert-OH is 1. The zero-order chi connectivity index (χ0) is 17.3. The van der Waals surface area contributed by atoms with Crippen LogP contribution in [0, 0.1) is 5.92 Å². The van der Waals surface area contributed by atoms with Gasteiger partial charge in [0.05, 0.1) is 13.2 Å². The van der Waals surface area contributed by atoms with Crippen LogP contribution in [-0.2, 0) is 4.79 Å². The van der Waals surface area contributed by atoms with E-state index in [9.17, 15) is 14.7 Å². The van der Waals surface area contributed by atoms with Crippen molar-refractivity contribution in [3.05, 3.63) is 11.6 Å². The van der Waals surface area contributed by atoms with Gasteiger partial charge in [-0.3, -0.25) is 9.69 Å². The van der Waals surface area contributed by atoms with Crippen molar-refractivity contribution >= 4 is 28.4 Å². The summed E-state index contributed by atoms with van der Waals surface area (Å²) in [5.41, 5.74) is -0.760. The molecule has 1 spiro atoms. The zero-order valence-corrected chi connectivity index (χ0v) is 15.0. The van der Waals surface area contributed by atoms with Gasteiger partial charge in [-0.25, -0.2) is 9.78 Å². The first-order valence-corrected chi connectivity index (χ1v) is 9.26. The minimum Gasteiger partial charge on any atom is -0.395 e. The van der Waals surface area contributed by atoms with E-state index >= 15 is 0 Å². The standard InChI is InChI=1S/C16H24N4O3S/c1-12(2)11-20-15(23)19(8-9-21)13(22)16(20)3-6-18(7-4-16)14-17-5-10-24-14/h5,10,12,21H,3-4,6-9,11H2,1-2H3. The molecule has 0 bridgehead atoms. The summed E-state index contributed by atoms with van der Waals surface area (Å²) in [5, 5.41) is 12.1. The molecule has 0 aromatic carbocycles. The van der Waals surface area contributed by atoms with E-state index in [2.05, 4.69) is 9.88 Å². The number of imide groups is 1. The van der Waals surface area contributed by atoms with Gasteiger partial charge in [-0.05, 0) is 18.8 Å². The van der Waals surface area contributed by atoms with Crippen molar-refractivity contribution in [2.75, 3.05) is 37.7 Å². The van der Waals surface area contributed by atoms with E-state index < -0.39 is 5.54 Å². The fraction of sp³-hybridized carbons (Fsp3) is 0.688. The topological polar surface area (TPSA) is 77.0 Å². The van der Waals surface area contributed by atoms with Crippen molar-refractivity contribution in [2.45, 2.75) is 32.2 Å². The van der Waals surface area contributed by atoms with Crippen LogP contribution in [-0.4, -0.2) is 70.2 Å². The van der Waals surface area contributed by atoms with E-state index in [0.29, 0.717) is 32.5 Å². The third-order valence-corrected chi connectivity index (χ3v) is 5.61. The van der Waals surface area contributed by atoms with Gasteiger partial charge in [0, 0.05) is 31.2 Å². The van der Waals surface area contributed by atoms with Crippen molar-refractivity contribution in [1.29, 1.82) is 0 Å². The predicted molar refractivity (Wildman–Crippen MR) is 92.0 cm³/mol. The van der Waals surface area contributed by atoms with Crippen LogP contribution in [0.3, 0.4) is 0 Å². The summed E-state index contributed by atoms with van der Waals surface area (Å²) >= 11 is 1.59. The molecule has 132 valence electrons. The molecule has 0 radical (unpaired) electrons. The second-order valence-electron chi connectivity index (χ2n) is 6.80. The SMILES string of the molecule is CC(C)CN1C(=O)N(CCO)C(=O)C12CCN(c1nccs1)CC2. The number of piperidine rings is 1. The lowest BCUT2D eigenvalue weighted by atomic mass is 9.85. The molecular weight excluding hydrogens is 328 g/mol. The van der Waals surface area contributed by atoms with Gasteiger partial charge >= 0.3 is 6.03 Å². The number of urea groups is 1. The highest BCUT2D eigenvalue weighted by molar-refractivity contribution is 7.13. The van der Waals surface area contributed by atoms with Crippen LogP contribution >= 0.6 is 11.3 Å². The molecule has 3 heterocycles. The van der Waals surface area contributed by atoms with Gasteiger partial charge in [0.1, 0.15) is 5.54 Å². The average molecular weight is 352 g/mol. The van der Waals surface area contributed by atoms with Gasteiger partial charge in [-0.15, -0.1) is 11.3 Å². The Kier molecular flexibility index (Phi) is 4.78. The number of β-amino-alcohol motifs (C(OH)–C–C–N with tert-alkyl or cyclic N) is 1. The van der Waals surface area contributed by atoms with Crippen molar-refractivity contribution < 1.29 is 14.7 Å². The van der Waals surface area contributed by atoms with Gasteiger partial charge in [0.25, 0.3) is 5.91 Å². The molecule has 7 nitrogen and oxygen atoms in total. The normalized spacial score (nSPS) is 20.8. The maximum absolute atomic E-state index is 13.0. The molecule has 3 amide bonds. The molecule has 2 fully saturated rings. The Morgan fingerprint density at radius 1 is 1.33 bits per heavy atom. The lowest BCUT2D eigenvalue weighted by molar-refractivity contribution is -0.134. The Morgan fingerprint density at radius 2 is 2.04 bits per heavy atom. The van der Waals surface area contributed by atoms with Gasteiger partial charge in [-0.2, -0.15) is 0 Å². The average Bonchev–Trinajstić information content (AvgIpc) is 3.15. The van der Waals surface area contributed by atoms with Crippen LogP contribution in [0.2, 0.25) is 0 Å². The first-order chi connectivity index (χ1) is 11.5. The number of aliphatic hydroxyl groups is 1. The summed E-state index contributed by atoms with van der Waals surface area (Å²) in [5.74, 6) is 0.130. The molecule has 2 saturated heterocycles. The summed E-state index contributed by atoms with van der Waals surface area (Å²) in [6.45, 7) is 5.93. The van der Waals surface area contributed by atoms with Crippen molar-refractivity contribution in [2.24, 2.45) is 5.92 Å². The van der Waals surface area contributed by atoms with Gasteiger partial charge in [0.15, 0.2) is 5.13 Å². The van der Waals surface area contributed by atoms with Gasteiger partial charge in [0.2, 0.25) is 0 Å². The smallest absolute Gasteiger partial charge is 0.327 e. The molecule has 1 N–H and O–H groups in total. The number of amides is 3. The molecular formula is C16H24N4O3S. The summed E-state index contributed by atoms with van der Waals surface area (Å²) in [6, 6.07) is -0.259. The number of aromatic nitrogens is 1. The van der Waals surface area contributed by atoms with Crippen LogP contribution in [0.5, 0.6) is 0 Å². The summed E-state index contributed by atoms with van der Waals surface area (Å²) in [7, 11) is 0. The maximum Gasteiger partial charge on any atom is 0.327 e. The molecule has 1 aromatic heterocycles. The van der Waals surface area contributed by atoms with Crippen LogP contribution < -0.4 is 4.90 Å². The fourth-order valence-corrected chi connectivity index (χ4v) is 4.32. The minimum atomic E-state index is -0.760. The predicted octanol–water partition coefficient (Wildman–Crippen LogP) is 1.39. The van der Waals surface area contributed by atoms with Crippen molar-refractivity contribution in [3.8, 4) is 0 Å². The van der Waals surface area contributed by atoms with Gasteiger partial charge < -0.3 is 14.9 Å². The lowest BCUT2D eigenvalue weighted by Crippen LogP contribution is -2.57. The van der Waals surface area contributed by atoms with Gasteiger partial charge in [-0.1, -0.05) is 13.8 Å². The molecule has 2 aliphatic rings. The molecule has 0 aliphatic carbocycles. The molecule has 2 aliphatic heterocycles. The third kappa shape index (κ3) is 2.77. The maximum atomic E-state index is 13.0. The summed E-state index contributed by atoms with van der Waals surface area (Å²) < 4.78 is 0. The van der Waals surface area contributed by atoms with Crippen molar-refractivity contribution in [1.82, 2.24) is 14.8 Å². The van der Waals surface area contributed by atoms with E-state index in [1.165, 1.54) is 4.90 Å². The number of hydrogen-bond donors (Lipinski definition) is 1. The molecule has 0 atom stereocenters. The highest BCUT2D eigenvalue weighted by Gasteiger charge is 2.57. The van der Waals surface area contributed by atoms with E-state index in [0.717, 1.165) is 5.13 Å². The highest BCUT2D eigenvalue weighted by Crippen LogP contribution is 2.39. The number of rotatable bonds is 5. The largest absolute Gasteiger partial charge is 0.395 e. The van der Waals surface area contributed by atoms with E-state index in [1.807, 2.05) is 19.2 Å². The first-order valence-electron chi connectivity index (χ1n) is 8.38.